The highest BCUT2D eigenvalue weighted by Gasteiger charge is 2.26. The molecule has 0 amide bonds. The molecule has 0 fully saturated rings. The second-order valence-electron chi connectivity index (χ2n) is 3.88. The van der Waals surface area contributed by atoms with Crippen molar-refractivity contribution in [2.45, 2.75) is 31.8 Å². The van der Waals surface area contributed by atoms with Crippen LogP contribution in [0.1, 0.15) is 42.9 Å². The van der Waals surface area contributed by atoms with Gasteiger partial charge in [0.2, 0.25) is 0 Å². The lowest BCUT2D eigenvalue weighted by Crippen LogP contribution is -2.14. The van der Waals surface area contributed by atoms with Crippen LogP contribution in [-0.4, -0.2) is 5.11 Å². The van der Waals surface area contributed by atoms with Crippen molar-refractivity contribution in [2.24, 2.45) is 0 Å². The third kappa shape index (κ3) is 1.42. The maximum Gasteiger partial charge on any atom is 0.129 e. The van der Waals surface area contributed by atoms with Gasteiger partial charge in [0.1, 0.15) is 11.6 Å². The minimum absolute atomic E-state index is 0.0639. The maximum absolute atomic E-state index is 13.4. The van der Waals surface area contributed by atoms with E-state index < -0.39 is 17.7 Å². The van der Waals surface area contributed by atoms with Crippen molar-refractivity contribution in [1.29, 1.82) is 0 Å². The number of aliphatic hydroxyl groups is 1. The molecule has 2 atom stereocenters. The van der Waals surface area contributed by atoms with Crippen molar-refractivity contribution >= 4 is 0 Å². The van der Waals surface area contributed by atoms with Crippen LogP contribution in [0.5, 0.6) is 0 Å². The molecule has 0 saturated heterocycles. The normalized spacial score (nSPS) is 26.0. The van der Waals surface area contributed by atoms with E-state index in [1.54, 1.807) is 0 Å². The minimum Gasteiger partial charge on any atom is -0.388 e. The van der Waals surface area contributed by atoms with Crippen LogP contribution in [-0.2, 0) is 0 Å². The third-order valence-corrected chi connectivity index (χ3v) is 2.85. The van der Waals surface area contributed by atoms with Crippen LogP contribution < -0.4 is 0 Å². The summed E-state index contributed by atoms with van der Waals surface area (Å²) in [6, 6.07) is 2.12. The van der Waals surface area contributed by atoms with Gasteiger partial charge >= 0.3 is 0 Å². The van der Waals surface area contributed by atoms with E-state index in [0.717, 1.165) is 12.5 Å². The molecule has 0 spiro atoms. The SMILES string of the molecule is CC1CC[C@H](O)c2cc(F)cc(F)c21. The van der Waals surface area contributed by atoms with Crippen molar-refractivity contribution < 1.29 is 13.9 Å². The van der Waals surface area contributed by atoms with Gasteiger partial charge in [-0.25, -0.2) is 8.78 Å². The monoisotopic (exact) mass is 198 g/mol. The molecular weight excluding hydrogens is 186 g/mol. The van der Waals surface area contributed by atoms with Gasteiger partial charge in [0.15, 0.2) is 0 Å². The summed E-state index contributed by atoms with van der Waals surface area (Å²) in [7, 11) is 0. The molecule has 0 aliphatic heterocycles. The van der Waals surface area contributed by atoms with Gasteiger partial charge < -0.3 is 5.11 Å². The van der Waals surface area contributed by atoms with E-state index in [9.17, 15) is 13.9 Å². The maximum atomic E-state index is 13.4. The molecule has 76 valence electrons. The van der Waals surface area contributed by atoms with Crippen molar-refractivity contribution in [3.8, 4) is 0 Å². The predicted molar refractivity (Wildman–Crippen MR) is 49.0 cm³/mol. The molecule has 1 aliphatic rings. The zero-order valence-electron chi connectivity index (χ0n) is 7.93. The zero-order chi connectivity index (χ0) is 10.3. The Labute approximate surface area is 81.4 Å². The van der Waals surface area contributed by atoms with Gasteiger partial charge in [-0.05, 0) is 36.0 Å². The Morgan fingerprint density at radius 1 is 1.29 bits per heavy atom. The third-order valence-electron chi connectivity index (χ3n) is 2.85. The summed E-state index contributed by atoms with van der Waals surface area (Å²) >= 11 is 0. The molecule has 0 radical (unpaired) electrons. The molecule has 1 unspecified atom stereocenters. The second-order valence-corrected chi connectivity index (χ2v) is 3.88. The summed E-state index contributed by atoms with van der Waals surface area (Å²) < 4.78 is 26.3. The smallest absolute Gasteiger partial charge is 0.129 e. The number of hydrogen-bond acceptors (Lipinski definition) is 1. The molecule has 1 N–H and O–H groups in total. The van der Waals surface area contributed by atoms with E-state index in [0.29, 0.717) is 17.5 Å². The van der Waals surface area contributed by atoms with E-state index in [-0.39, 0.29) is 5.92 Å². The minimum atomic E-state index is -0.716. The Morgan fingerprint density at radius 3 is 2.71 bits per heavy atom. The van der Waals surface area contributed by atoms with E-state index in [1.807, 2.05) is 6.92 Å². The molecular formula is C11H12F2O. The second kappa shape index (κ2) is 3.31. The molecule has 1 aromatic rings. The molecule has 0 saturated carbocycles. The van der Waals surface area contributed by atoms with Crippen LogP contribution >= 0.6 is 0 Å². The van der Waals surface area contributed by atoms with E-state index in [2.05, 4.69) is 0 Å². The van der Waals surface area contributed by atoms with Gasteiger partial charge in [-0.2, -0.15) is 0 Å². The number of hydrogen-bond donors (Lipinski definition) is 1. The Hall–Kier alpha value is -0.960. The summed E-state index contributed by atoms with van der Waals surface area (Å²) in [6.07, 6.45) is 0.611. The molecule has 0 heterocycles. The van der Waals surface area contributed by atoms with Crippen LogP contribution in [0.15, 0.2) is 12.1 Å². The van der Waals surface area contributed by atoms with Crippen molar-refractivity contribution in [3.63, 3.8) is 0 Å². The topological polar surface area (TPSA) is 20.2 Å². The summed E-state index contributed by atoms with van der Waals surface area (Å²) in [5.41, 5.74) is 0.895. The summed E-state index contributed by atoms with van der Waals surface area (Å²) in [4.78, 5) is 0. The average Bonchev–Trinajstić information content (AvgIpc) is 2.10. The Bertz CT molecular complexity index is 363. The molecule has 1 aromatic carbocycles. The summed E-state index contributed by atoms with van der Waals surface area (Å²) in [5.74, 6) is -1.09. The quantitative estimate of drug-likeness (QED) is 0.679. The van der Waals surface area contributed by atoms with E-state index in [1.165, 1.54) is 6.07 Å². The van der Waals surface area contributed by atoms with Gasteiger partial charge in [0.25, 0.3) is 0 Å². The molecule has 2 rings (SSSR count). The Balaban J connectivity index is 2.60. The van der Waals surface area contributed by atoms with E-state index >= 15 is 0 Å². The van der Waals surface area contributed by atoms with E-state index in [4.69, 9.17) is 0 Å². The van der Waals surface area contributed by atoms with Crippen molar-refractivity contribution in [1.82, 2.24) is 0 Å². The first-order valence-electron chi connectivity index (χ1n) is 4.76. The van der Waals surface area contributed by atoms with Crippen LogP contribution in [0.3, 0.4) is 0 Å². The predicted octanol–water partition coefficient (Wildman–Crippen LogP) is 2.90. The molecule has 3 heteroatoms. The van der Waals surface area contributed by atoms with Crippen LogP contribution in [0.25, 0.3) is 0 Å². The zero-order valence-corrected chi connectivity index (χ0v) is 7.93. The molecule has 1 aliphatic carbocycles. The molecule has 0 aromatic heterocycles. The summed E-state index contributed by atoms with van der Waals surface area (Å²) in [5, 5.41) is 9.59. The van der Waals surface area contributed by atoms with Crippen LogP contribution in [0.4, 0.5) is 8.78 Å². The van der Waals surface area contributed by atoms with Gasteiger partial charge in [-0.1, -0.05) is 6.92 Å². The van der Waals surface area contributed by atoms with Gasteiger partial charge in [-0.15, -0.1) is 0 Å². The standard InChI is InChI=1S/C11H12F2O/c1-6-2-3-10(14)8-4-7(12)5-9(13)11(6)8/h4-6,10,14H,2-3H2,1H3/t6?,10-/m0/s1. The lowest BCUT2D eigenvalue weighted by Gasteiger charge is -2.26. The fraction of sp³-hybridized carbons (Fsp3) is 0.455. The first kappa shape index (κ1) is 9.59. The lowest BCUT2D eigenvalue weighted by atomic mass is 9.82. The number of benzene rings is 1. The van der Waals surface area contributed by atoms with Crippen LogP contribution in [0.2, 0.25) is 0 Å². The van der Waals surface area contributed by atoms with Crippen LogP contribution in [0, 0.1) is 11.6 Å². The average molecular weight is 198 g/mol. The summed E-state index contributed by atoms with van der Waals surface area (Å²) in [6.45, 7) is 1.89. The molecule has 14 heavy (non-hydrogen) atoms. The fourth-order valence-corrected chi connectivity index (χ4v) is 2.11. The van der Waals surface area contributed by atoms with Crippen molar-refractivity contribution in [2.75, 3.05) is 0 Å². The number of aliphatic hydroxyl groups excluding tert-OH is 1. The largest absolute Gasteiger partial charge is 0.388 e. The van der Waals surface area contributed by atoms with Gasteiger partial charge in [0, 0.05) is 6.07 Å². The van der Waals surface area contributed by atoms with Gasteiger partial charge in [-0.3, -0.25) is 0 Å². The van der Waals surface area contributed by atoms with Crippen molar-refractivity contribution in [3.05, 3.63) is 34.9 Å². The number of fused-ring (bicyclic) bond motifs is 1. The Kier molecular flexibility index (Phi) is 2.27. The first-order valence-corrected chi connectivity index (χ1v) is 4.76. The number of rotatable bonds is 0. The van der Waals surface area contributed by atoms with Gasteiger partial charge in [0.05, 0.1) is 6.10 Å². The first-order chi connectivity index (χ1) is 6.59. The fourth-order valence-electron chi connectivity index (χ4n) is 2.11. The molecule has 1 nitrogen and oxygen atoms in total. The highest BCUT2D eigenvalue weighted by Crippen LogP contribution is 2.38. The highest BCUT2D eigenvalue weighted by atomic mass is 19.1. The molecule has 0 bridgehead atoms. The Morgan fingerprint density at radius 2 is 2.00 bits per heavy atom. The lowest BCUT2D eigenvalue weighted by molar-refractivity contribution is 0.150. The number of halogens is 2. The highest BCUT2D eigenvalue weighted by molar-refractivity contribution is 5.35.